The van der Waals surface area contributed by atoms with Gasteiger partial charge in [-0.1, -0.05) is 28.1 Å². The van der Waals surface area contributed by atoms with Gasteiger partial charge in [-0.25, -0.2) is 4.98 Å². The van der Waals surface area contributed by atoms with Gasteiger partial charge in [-0.05, 0) is 19.1 Å². The van der Waals surface area contributed by atoms with E-state index in [0.717, 1.165) is 10.0 Å². The molecule has 2 rings (SSSR count). The molecule has 0 aliphatic heterocycles. The molecule has 0 bridgehead atoms. The van der Waals surface area contributed by atoms with Gasteiger partial charge in [0.1, 0.15) is 5.82 Å². The number of hydrogen-bond donors (Lipinski definition) is 3. The second-order valence-corrected chi connectivity index (χ2v) is 5.03. The Labute approximate surface area is 131 Å². The van der Waals surface area contributed by atoms with Crippen LogP contribution in [-0.4, -0.2) is 27.1 Å². The Morgan fingerprint density at radius 2 is 2.10 bits per heavy atom. The minimum atomic E-state index is -0.533. The molecule has 2 aromatic rings. The molecule has 20 heavy (non-hydrogen) atoms. The molecular formula is C12H15BrClN5O. The Balaban J connectivity index is 0.00000200. The number of nitrogens with one attached hydrogen (secondary N) is 2. The highest BCUT2D eigenvalue weighted by atomic mass is 79.9. The third-order valence-corrected chi connectivity index (χ3v) is 3.01. The number of halogens is 2. The van der Waals surface area contributed by atoms with E-state index in [1.807, 2.05) is 24.3 Å². The van der Waals surface area contributed by atoms with E-state index in [9.17, 15) is 4.79 Å². The molecule has 1 aromatic heterocycles. The van der Waals surface area contributed by atoms with Crippen LogP contribution < -0.4 is 11.1 Å². The van der Waals surface area contributed by atoms with E-state index in [1.165, 1.54) is 0 Å². The Hall–Kier alpha value is -1.44. The van der Waals surface area contributed by atoms with Crippen LogP contribution in [0.1, 0.15) is 12.7 Å². The third-order valence-electron chi connectivity index (χ3n) is 2.48. The second kappa shape index (κ2) is 7.37. The molecule has 108 valence electrons. The summed E-state index contributed by atoms with van der Waals surface area (Å²) in [5.41, 5.74) is 6.35. The fraction of sp³-hybridized carbons (Fsp3) is 0.250. The molecule has 1 amide bonds. The second-order valence-electron chi connectivity index (χ2n) is 4.12. The van der Waals surface area contributed by atoms with Crippen molar-refractivity contribution in [3.8, 4) is 11.4 Å². The van der Waals surface area contributed by atoms with Crippen LogP contribution in [0.3, 0.4) is 0 Å². The number of amides is 1. The van der Waals surface area contributed by atoms with Crippen molar-refractivity contribution in [2.75, 3.05) is 0 Å². The number of rotatable bonds is 4. The lowest BCUT2D eigenvalue weighted by atomic mass is 10.2. The predicted octanol–water partition coefficient (Wildman–Crippen LogP) is 1.62. The largest absolute Gasteiger partial charge is 0.347 e. The van der Waals surface area contributed by atoms with Gasteiger partial charge < -0.3 is 11.1 Å². The maximum absolute atomic E-state index is 11.3. The lowest BCUT2D eigenvalue weighted by Crippen LogP contribution is -2.38. The SMILES string of the molecule is C[C@@H](N)C(=O)NCc1nc(-c2ccc(Br)cc2)n[nH]1.Cl. The van der Waals surface area contributed by atoms with Gasteiger partial charge in [0, 0.05) is 10.0 Å². The average Bonchev–Trinajstić information content (AvgIpc) is 2.85. The van der Waals surface area contributed by atoms with E-state index in [-0.39, 0.29) is 24.9 Å². The van der Waals surface area contributed by atoms with Crippen molar-refractivity contribution in [2.24, 2.45) is 5.73 Å². The van der Waals surface area contributed by atoms with Gasteiger partial charge in [-0.2, -0.15) is 5.10 Å². The Kier molecular flexibility index (Phi) is 6.12. The maximum Gasteiger partial charge on any atom is 0.237 e. The van der Waals surface area contributed by atoms with Crippen LogP contribution in [-0.2, 0) is 11.3 Å². The van der Waals surface area contributed by atoms with Crippen molar-refractivity contribution in [1.29, 1.82) is 0 Å². The quantitative estimate of drug-likeness (QED) is 0.772. The van der Waals surface area contributed by atoms with Crippen molar-refractivity contribution >= 4 is 34.2 Å². The lowest BCUT2D eigenvalue weighted by molar-refractivity contribution is -0.122. The first kappa shape index (κ1) is 16.6. The number of carbonyl (C=O) groups excluding carboxylic acids is 1. The highest BCUT2D eigenvalue weighted by Crippen LogP contribution is 2.18. The summed E-state index contributed by atoms with van der Waals surface area (Å²) in [6, 6.07) is 7.13. The molecule has 6 nitrogen and oxygen atoms in total. The molecule has 0 unspecified atom stereocenters. The first-order chi connectivity index (χ1) is 9.06. The summed E-state index contributed by atoms with van der Waals surface area (Å²) >= 11 is 3.37. The summed E-state index contributed by atoms with van der Waals surface area (Å²) in [4.78, 5) is 15.6. The summed E-state index contributed by atoms with van der Waals surface area (Å²) in [6.07, 6.45) is 0. The highest BCUT2D eigenvalue weighted by molar-refractivity contribution is 9.10. The standard InChI is InChI=1S/C12H14BrN5O.ClH/c1-7(14)12(19)15-6-10-16-11(18-17-10)8-2-4-9(13)5-3-8;/h2-5,7H,6,14H2,1H3,(H,15,19)(H,16,17,18);1H/t7-;/m1./s1. The molecule has 0 saturated heterocycles. The topological polar surface area (TPSA) is 96.7 Å². The molecule has 1 heterocycles. The molecule has 0 aliphatic rings. The molecule has 0 saturated carbocycles. The molecule has 0 fully saturated rings. The van der Waals surface area contributed by atoms with Gasteiger partial charge in [0.05, 0.1) is 12.6 Å². The van der Waals surface area contributed by atoms with E-state index in [2.05, 4.69) is 36.4 Å². The zero-order valence-electron chi connectivity index (χ0n) is 10.8. The summed E-state index contributed by atoms with van der Waals surface area (Å²) in [7, 11) is 0. The zero-order valence-corrected chi connectivity index (χ0v) is 13.2. The van der Waals surface area contributed by atoms with Crippen LogP contribution >= 0.6 is 28.3 Å². The van der Waals surface area contributed by atoms with E-state index in [0.29, 0.717) is 11.6 Å². The van der Waals surface area contributed by atoms with Gasteiger partial charge in [0.25, 0.3) is 0 Å². The number of nitrogens with zero attached hydrogens (tertiary/aromatic N) is 2. The summed E-state index contributed by atoms with van der Waals surface area (Å²) in [5.74, 6) is 0.964. The molecule has 4 N–H and O–H groups in total. The smallest absolute Gasteiger partial charge is 0.237 e. The molecule has 1 atom stereocenters. The number of benzene rings is 1. The number of nitrogens with two attached hydrogens (primary N) is 1. The van der Waals surface area contributed by atoms with Crippen LogP contribution in [0.15, 0.2) is 28.7 Å². The van der Waals surface area contributed by atoms with Crippen LogP contribution in [0.4, 0.5) is 0 Å². The van der Waals surface area contributed by atoms with E-state index < -0.39 is 6.04 Å². The molecule has 8 heteroatoms. The fourth-order valence-corrected chi connectivity index (χ4v) is 1.70. The zero-order chi connectivity index (χ0) is 13.8. The van der Waals surface area contributed by atoms with E-state index in [1.54, 1.807) is 6.92 Å². The van der Waals surface area contributed by atoms with Crippen molar-refractivity contribution in [1.82, 2.24) is 20.5 Å². The highest BCUT2D eigenvalue weighted by Gasteiger charge is 2.09. The van der Waals surface area contributed by atoms with Crippen molar-refractivity contribution in [3.63, 3.8) is 0 Å². The van der Waals surface area contributed by atoms with Crippen molar-refractivity contribution < 1.29 is 4.79 Å². The monoisotopic (exact) mass is 359 g/mol. The molecule has 1 aromatic carbocycles. The van der Waals surface area contributed by atoms with E-state index in [4.69, 9.17) is 5.73 Å². The Bertz CT molecular complexity index is 569. The first-order valence-electron chi connectivity index (χ1n) is 5.77. The summed E-state index contributed by atoms with van der Waals surface area (Å²) in [6.45, 7) is 1.91. The predicted molar refractivity (Wildman–Crippen MR) is 82.3 cm³/mol. The number of H-pyrrole nitrogens is 1. The Morgan fingerprint density at radius 3 is 2.70 bits per heavy atom. The van der Waals surface area contributed by atoms with Gasteiger partial charge in [-0.3, -0.25) is 9.89 Å². The lowest BCUT2D eigenvalue weighted by Gasteiger charge is -2.04. The van der Waals surface area contributed by atoms with Crippen LogP contribution in [0.5, 0.6) is 0 Å². The van der Waals surface area contributed by atoms with Crippen molar-refractivity contribution in [3.05, 3.63) is 34.6 Å². The van der Waals surface area contributed by atoms with Crippen LogP contribution in [0.25, 0.3) is 11.4 Å². The van der Waals surface area contributed by atoms with Gasteiger partial charge >= 0.3 is 0 Å². The minimum absolute atomic E-state index is 0. The number of aromatic amines is 1. The van der Waals surface area contributed by atoms with Crippen LogP contribution in [0, 0.1) is 0 Å². The number of aromatic nitrogens is 3. The molecule has 0 spiro atoms. The van der Waals surface area contributed by atoms with Gasteiger partial charge in [0.2, 0.25) is 5.91 Å². The summed E-state index contributed by atoms with van der Waals surface area (Å²) in [5, 5.41) is 9.56. The maximum atomic E-state index is 11.3. The van der Waals surface area contributed by atoms with Crippen LogP contribution in [0.2, 0.25) is 0 Å². The molecular weight excluding hydrogens is 346 g/mol. The Morgan fingerprint density at radius 1 is 1.45 bits per heavy atom. The minimum Gasteiger partial charge on any atom is -0.347 e. The number of hydrogen-bond acceptors (Lipinski definition) is 4. The molecule has 0 aliphatic carbocycles. The van der Waals surface area contributed by atoms with E-state index >= 15 is 0 Å². The average molecular weight is 361 g/mol. The third kappa shape index (κ3) is 4.29. The number of carbonyl (C=O) groups is 1. The summed E-state index contributed by atoms with van der Waals surface area (Å²) < 4.78 is 0.996. The molecule has 0 radical (unpaired) electrons. The fourth-order valence-electron chi connectivity index (χ4n) is 1.43. The van der Waals surface area contributed by atoms with Crippen molar-refractivity contribution in [2.45, 2.75) is 19.5 Å². The van der Waals surface area contributed by atoms with Gasteiger partial charge in [-0.15, -0.1) is 12.4 Å². The normalized spacial score (nSPS) is 11.6. The van der Waals surface area contributed by atoms with Gasteiger partial charge in [0.15, 0.2) is 5.82 Å². The first-order valence-corrected chi connectivity index (χ1v) is 6.56.